The van der Waals surface area contributed by atoms with Gasteiger partial charge in [-0.1, -0.05) is 0 Å². The zero-order valence-corrected chi connectivity index (χ0v) is 14.5. The van der Waals surface area contributed by atoms with Crippen LogP contribution in [0.25, 0.3) is 11.4 Å². The van der Waals surface area contributed by atoms with Gasteiger partial charge in [-0.15, -0.1) is 0 Å². The largest absolute Gasteiger partial charge is 0.324 e. The van der Waals surface area contributed by atoms with Crippen molar-refractivity contribution in [2.75, 3.05) is 13.1 Å². The number of rotatable bonds is 4. The van der Waals surface area contributed by atoms with E-state index in [9.17, 15) is 0 Å². The Kier molecular flexibility index (Phi) is 4.57. The number of likely N-dealkylation sites (tertiary alicyclic amines) is 1. The van der Waals surface area contributed by atoms with Crippen molar-refractivity contribution in [1.29, 1.82) is 0 Å². The lowest BCUT2D eigenvalue weighted by Crippen LogP contribution is -2.36. The summed E-state index contributed by atoms with van der Waals surface area (Å²) < 4.78 is 2.41. The van der Waals surface area contributed by atoms with Gasteiger partial charge >= 0.3 is 0 Å². The summed E-state index contributed by atoms with van der Waals surface area (Å²) in [5, 5.41) is 0. The Balaban J connectivity index is 1.57. The molecule has 25 heavy (non-hydrogen) atoms. The van der Waals surface area contributed by atoms with Crippen molar-refractivity contribution in [3.8, 4) is 11.4 Å². The molecule has 1 saturated heterocycles. The minimum atomic E-state index is 0.459. The summed E-state index contributed by atoms with van der Waals surface area (Å²) in [6.45, 7) is 5.34. The summed E-state index contributed by atoms with van der Waals surface area (Å²) in [5.41, 5.74) is 3.68. The van der Waals surface area contributed by atoms with Crippen LogP contribution in [0.3, 0.4) is 0 Å². The van der Waals surface area contributed by atoms with E-state index < -0.39 is 0 Å². The molecule has 128 valence electrons. The van der Waals surface area contributed by atoms with Gasteiger partial charge in [0, 0.05) is 61.4 Å². The number of aryl methyl sites for hydroxylation is 1. The molecule has 0 amide bonds. The fourth-order valence-corrected chi connectivity index (χ4v) is 3.75. The van der Waals surface area contributed by atoms with E-state index in [1.54, 1.807) is 0 Å². The Morgan fingerprint density at radius 2 is 1.76 bits per heavy atom. The van der Waals surface area contributed by atoms with Crippen LogP contribution in [-0.2, 0) is 6.54 Å². The number of hydrogen-bond donors (Lipinski definition) is 0. The molecule has 0 radical (unpaired) electrons. The minimum absolute atomic E-state index is 0.459. The third-order valence-corrected chi connectivity index (χ3v) is 4.92. The highest BCUT2D eigenvalue weighted by Crippen LogP contribution is 2.29. The minimum Gasteiger partial charge on any atom is -0.324 e. The number of imidazole rings is 1. The average molecular weight is 333 g/mol. The van der Waals surface area contributed by atoms with Gasteiger partial charge in [-0.05, 0) is 56.1 Å². The number of hydrogen-bond acceptors (Lipinski definition) is 4. The fourth-order valence-electron chi connectivity index (χ4n) is 3.75. The van der Waals surface area contributed by atoms with Crippen LogP contribution in [0.15, 0.2) is 55.2 Å². The smallest absolute Gasteiger partial charge is 0.140 e. The first-order valence-electron chi connectivity index (χ1n) is 8.87. The molecule has 0 spiro atoms. The highest BCUT2D eigenvalue weighted by molar-refractivity contribution is 5.55. The van der Waals surface area contributed by atoms with Crippen molar-refractivity contribution in [3.63, 3.8) is 0 Å². The second-order valence-corrected chi connectivity index (χ2v) is 6.72. The average Bonchev–Trinajstić information content (AvgIpc) is 3.05. The van der Waals surface area contributed by atoms with Crippen molar-refractivity contribution in [2.24, 2.45) is 0 Å². The molecule has 0 aromatic carbocycles. The van der Waals surface area contributed by atoms with Gasteiger partial charge < -0.3 is 4.57 Å². The highest BCUT2D eigenvalue weighted by atomic mass is 15.2. The monoisotopic (exact) mass is 333 g/mol. The Morgan fingerprint density at radius 3 is 2.52 bits per heavy atom. The molecule has 4 heterocycles. The molecular weight excluding hydrogens is 310 g/mol. The molecule has 1 fully saturated rings. The van der Waals surface area contributed by atoms with E-state index in [2.05, 4.69) is 43.5 Å². The summed E-state index contributed by atoms with van der Waals surface area (Å²) in [6, 6.07) is 8.75. The summed E-state index contributed by atoms with van der Waals surface area (Å²) in [5.74, 6) is 1.05. The van der Waals surface area contributed by atoms with Crippen LogP contribution >= 0.6 is 0 Å². The maximum absolute atomic E-state index is 4.68. The molecule has 3 aromatic rings. The van der Waals surface area contributed by atoms with Gasteiger partial charge in [-0.2, -0.15) is 0 Å². The maximum Gasteiger partial charge on any atom is 0.140 e. The van der Waals surface area contributed by atoms with Gasteiger partial charge in [0.05, 0.1) is 0 Å². The van der Waals surface area contributed by atoms with Crippen LogP contribution in [0, 0.1) is 6.92 Å². The summed E-state index contributed by atoms with van der Waals surface area (Å²) in [6.07, 6.45) is 11.8. The molecule has 1 atom stereocenters. The fraction of sp³-hybridized carbons (Fsp3) is 0.350. The number of aromatic nitrogens is 4. The van der Waals surface area contributed by atoms with Crippen molar-refractivity contribution in [1.82, 2.24) is 24.4 Å². The Bertz CT molecular complexity index is 813. The van der Waals surface area contributed by atoms with E-state index in [-0.39, 0.29) is 0 Å². The van der Waals surface area contributed by atoms with Crippen LogP contribution in [0.4, 0.5) is 0 Å². The first kappa shape index (κ1) is 16.0. The molecule has 4 rings (SSSR count). The molecule has 5 heteroatoms. The van der Waals surface area contributed by atoms with Crippen LogP contribution in [0.5, 0.6) is 0 Å². The number of nitrogens with zero attached hydrogens (tertiary/aromatic N) is 5. The topological polar surface area (TPSA) is 46.8 Å². The second-order valence-electron chi connectivity index (χ2n) is 6.72. The maximum atomic E-state index is 4.68. The predicted octanol–water partition coefficient (Wildman–Crippen LogP) is 3.49. The molecule has 0 saturated carbocycles. The Labute approximate surface area is 148 Å². The SMILES string of the molecule is Cc1cnc(-c2ccncc2)n1C1CCCN(Cc2ccncc2)C1. The van der Waals surface area contributed by atoms with Gasteiger partial charge in [0.1, 0.15) is 5.82 Å². The lowest BCUT2D eigenvalue weighted by molar-refractivity contribution is 0.170. The first-order valence-corrected chi connectivity index (χ1v) is 8.87. The molecule has 0 N–H and O–H groups in total. The molecule has 1 aliphatic heterocycles. The zero-order chi connectivity index (χ0) is 17.1. The lowest BCUT2D eigenvalue weighted by atomic mass is 10.0. The molecule has 0 bridgehead atoms. The normalized spacial score (nSPS) is 18.4. The molecule has 1 unspecified atom stereocenters. The van der Waals surface area contributed by atoms with Crippen molar-refractivity contribution in [2.45, 2.75) is 32.4 Å². The third kappa shape index (κ3) is 3.46. The van der Waals surface area contributed by atoms with E-state index in [0.29, 0.717) is 6.04 Å². The van der Waals surface area contributed by atoms with E-state index in [0.717, 1.165) is 31.0 Å². The Hall–Kier alpha value is -2.53. The van der Waals surface area contributed by atoms with Crippen LogP contribution in [-0.4, -0.2) is 37.5 Å². The van der Waals surface area contributed by atoms with Gasteiger partial charge in [0.25, 0.3) is 0 Å². The van der Waals surface area contributed by atoms with E-state index in [1.807, 2.05) is 43.1 Å². The molecule has 1 aliphatic rings. The van der Waals surface area contributed by atoms with Gasteiger partial charge in [-0.3, -0.25) is 14.9 Å². The van der Waals surface area contributed by atoms with E-state index in [1.165, 1.54) is 24.1 Å². The van der Waals surface area contributed by atoms with Crippen molar-refractivity contribution < 1.29 is 0 Å². The van der Waals surface area contributed by atoms with Gasteiger partial charge in [0.2, 0.25) is 0 Å². The summed E-state index contributed by atoms with van der Waals surface area (Å²) in [4.78, 5) is 15.5. The third-order valence-electron chi connectivity index (χ3n) is 4.92. The Morgan fingerprint density at radius 1 is 1.04 bits per heavy atom. The van der Waals surface area contributed by atoms with Gasteiger partial charge in [0.15, 0.2) is 0 Å². The number of pyridine rings is 2. The predicted molar refractivity (Wildman–Crippen MR) is 98.0 cm³/mol. The standard InChI is InChI=1S/C20H23N5/c1-16-13-23-20(18-6-10-22-11-7-18)25(16)19-3-2-12-24(15-19)14-17-4-8-21-9-5-17/h4-11,13,19H,2-3,12,14-15H2,1H3. The molecular formula is C20H23N5. The van der Waals surface area contributed by atoms with Crippen molar-refractivity contribution >= 4 is 0 Å². The summed E-state index contributed by atoms with van der Waals surface area (Å²) >= 11 is 0. The highest BCUT2D eigenvalue weighted by Gasteiger charge is 2.24. The van der Waals surface area contributed by atoms with Crippen molar-refractivity contribution in [3.05, 3.63) is 66.5 Å². The first-order chi connectivity index (χ1) is 12.3. The molecule has 3 aromatic heterocycles. The molecule has 0 aliphatic carbocycles. The van der Waals surface area contributed by atoms with E-state index in [4.69, 9.17) is 0 Å². The van der Waals surface area contributed by atoms with Gasteiger partial charge in [-0.25, -0.2) is 4.98 Å². The number of piperidine rings is 1. The zero-order valence-electron chi connectivity index (χ0n) is 14.5. The second kappa shape index (κ2) is 7.15. The lowest BCUT2D eigenvalue weighted by Gasteiger charge is -2.34. The van der Waals surface area contributed by atoms with E-state index >= 15 is 0 Å². The summed E-state index contributed by atoms with van der Waals surface area (Å²) in [7, 11) is 0. The quantitative estimate of drug-likeness (QED) is 0.733. The molecule has 5 nitrogen and oxygen atoms in total. The van der Waals surface area contributed by atoms with Crippen LogP contribution in [0.2, 0.25) is 0 Å². The van der Waals surface area contributed by atoms with Crippen LogP contribution < -0.4 is 0 Å². The van der Waals surface area contributed by atoms with Crippen LogP contribution in [0.1, 0.15) is 30.1 Å².